The Labute approximate surface area is 151 Å². The molecule has 26 heavy (non-hydrogen) atoms. The van der Waals surface area contributed by atoms with Crippen molar-refractivity contribution in [3.63, 3.8) is 0 Å². The first-order valence-electron chi connectivity index (χ1n) is 8.28. The van der Waals surface area contributed by atoms with E-state index in [2.05, 4.69) is 34.4 Å². The van der Waals surface area contributed by atoms with Crippen LogP contribution in [-0.2, 0) is 4.79 Å². The SMILES string of the molecule is CC(C)c1ccccc1NC(=O)/C(C#N)=C\Nc1ccc2nc[nH]c2c1. The predicted molar refractivity (Wildman–Crippen MR) is 103 cm³/mol. The fraction of sp³-hybridized carbons (Fsp3) is 0.150. The molecule has 130 valence electrons. The van der Waals surface area contributed by atoms with Gasteiger partial charge in [-0.25, -0.2) is 4.98 Å². The van der Waals surface area contributed by atoms with Crippen LogP contribution in [0.2, 0.25) is 0 Å². The lowest BCUT2D eigenvalue weighted by Gasteiger charge is -2.13. The summed E-state index contributed by atoms with van der Waals surface area (Å²) >= 11 is 0. The first-order chi connectivity index (χ1) is 12.6. The summed E-state index contributed by atoms with van der Waals surface area (Å²) in [6, 6.07) is 15.1. The minimum atomic E-state index is -0.448. The van der Waals surface area contributed by atoms with Crippen molar-refractivity contribution in [3.8, 4) is 6.07 Å². The molecule has 0 spiro atoms. The summed E-state index contributed by atoms with van der Waals surface area (Å²) in [5, 5.41) is 15.1. The van der Waals surface area contributed by atoms with E-state index in [-0.39, 0.29) is 11.5 Å². The molecule has 0 saturated carbocycles. The van der Waals surface area contributed by atoms with Crippen LogP contribution in [0.5, 0.6) is 0 Å². The van der Waals surface area contributed by atoms with Gasteiger partial charge < -0.3 is 15.6 Å². The maximum atomic E-state index is 12.5. The number of H-pyrrole nitrogens is 1. The van der Waals surface area contributed by atoms with Gasteiger partial charge in [0.15, 0.2) is 0 Å². The van der Waals surface area contributed by atoms with Crippen LogP contribution in [0.4, 0.5) is 11.4 Å². The minimum Gasteiger partial charge on any atom is -0.360 e. The third-order valence-corrected chi connectivity index (χ3v) is 4.00. The van der Waals surface area contributed by atoms with Crippen molar-refractivity contribution in [2.24, 2.45) is 0 Å². The number of hydrogen-bond donors (Lipinski definition) is 3. The molecule has 0 aliphatic heterocycles. The van der Waals surface area contributed by atoms with E-state index in [9.17, 15) is 10.1 Å². The number of benzene rings is 2. The molecule has 0 aliphatic carbocycles. The van der Waals surface area contributed by atoms with Crippen LogP contribution in [-0.4, -0.2) is 15.9 Å². The summed E-state index contributed by atoms with van der Waals surface area (Å²) < 4.78 is 0. The van der Waals surface area contributed by atoms with Crippen molar-refractivity contribution < 1.29 is 4.79 Å². The zero-order valence-electron chi connectivity index (χ0n) is 14.6. The van der Waals surface area contributed by atoms with Crippen LogP contribution < -0.4 is 10.6 Å². The summed E-state index contributed by atoms with van der Waals surface area (Å²) in [5.41, 5.74) is 4.21. The predicted octanol–water partition coefficient (Wildman–Crippen LogP) is 4.14. The van der Waals surface area contributed by atoms with Crippen LogP contribution in [0.15, 0.2) is 60.6 Å². The van der Waals surface area contributed by atoms with Gasteiger partial charge in [-0.05, 0) is 35.7 Å². The number of nitrogens with zero attached hydrogens (tertiary/aromatic N) is 2. The molecule has 0 aliphatic rings. The molecule has 6 nitrogen and oxygen atoms in total. The van der Waals surface area contributed by atoms with Gasteiger partial charge in [0, 0.05) is 17.6 Å². The molecule has 0 radical (unpaired) electrons. The van der Waals surface area contributed by atoms with Crippen LogP contribution in [0.1, 0.15) is 25.3 Å². The third-order valence-electron chi connectivity index (χ3n) is 4.00. The number of nitriles is 1. The van der Waals surface area contributed by atoms with E-state index in [1.807, 2.05) is 48.5 Å². The van der Waals surface area contributed by atoms with Crippen LogP contribution in [0.25, 0.3) is 11.0 Å². The van der Waals surface area contributed by atoms with Crippen LogP contribution >= 0.6 is 0 Å². The van der Waals surface area contributed by atoms with E-state index < -0.39 is 5.91 Å². The Morgan fingerprint density at radius 1 is 1.27 bits per heavy atom. The molecule has 1 amide bonds. The minimum absolute atomic E-state index is 0.00623. The number of amides is 1. The average molecular weight is 345 g/mol. The average Bonchev–Trinajstić information content (AvgIpc) is 3.10. The molecule has 3 rings (SSSR count). The van der Waals surface area contributed by atoms with E-state index in [0.29, 0.717) is 5.69 Å². The van der Waals surface area contributed by atoms with E-state index in [1.165, 1.54) is 6.20 Å². The number of carbonyl (C=O) groups excluding carboxylic acids is 1. The fourth-order valence-corrected chi connectivity index (χ4v) is 2.63. The van der Waals surface area contributed by atoms with E-state index in [1.54, 1.807) is 6.33 Å². The first kappa shape index (κ1) is 17.2. The zero-order valence-corrected chi connectivity index (χ0v) is 14.6. The standard InChI is InChI=1S/C20H19N5O/c1-13(2)16-5-3-4-6-17(16)25-20(26)14(10-21)11-22-15-7-8-18-19(9-15)24-12-23-18/h3-9,11-13,22H,1-2H3,(H,23,24)(H,25,26)/b14-11-. The largest absolute Gasteiger partial charge is 0.360 e. The second-order valence-corrected chi connectivity index (χ2v) is 6.14. The molecule has 1 aromatic heterocycles. The molecule has 3 aromatic rings. The second kappa shape index (κ2) is 7.53. The topological polar surface area (TPSA) is 93.6 Å². The summed E-state index contributed by atoms with van der Waals surface area (Å²) in [5.74, 6) is -0.184. The molecular formula is C20H19N5O. The molecule has 0 atom stereocenters. The summed E-state index contributed by atoms with van der Waals surface area (Å²) in [4.78, 5) is 19.6. The molecule has 6 heteroatoms. The maximum absolute atomic E-state index is 12.5. The molecule has 2 aromatic carbocycles. The number of rotatable bonds is 5. The summed E-state index contributed by atoms with van der Waals surface area (Å²) in [7, 11) is 0. The highest BCUT2D eigenvalue weighted by Gasteiger charge is 2.13. The highest BCUT2D eigenvalue weighted by Crippen LogP contribution is 2.24. The molecule has 0 saturated heterocycles. The van der Waals surface area contributed by atoms with Gasteiger partial charge in [-0.3, -0.25) is 4.79 Å². The molecule has 3 N–H and O–H groups in total. The molecule has 0 bridgehead atoms. The quantitative estimate of drug-likeness (QED) is 0.478. The number of imidazole rings is 1. The lowest BCUT2D eigenvalue weighted by Crippen LogP contribution is -2.16. The normalized spacial score (nSPS) is 11.4. The molecular weight excluding hydrogens is 326 g/mol. The van der Waals surface area contributed by atoms with E-state index >= 15 is 0 Å². The van der Waals surface area contributed by atoms with Crippen molar-refractivity contribution >= 4 is 28.3 Å². The van der Waals surface area contributed by atoms with E-state index in [0.717, 1.165) is 22.3 Å². The molecule has 1 heterocycles. The maximum Gasteiger partial charge on any atom is 0.267 e. The Kier molecular flexibility index (Phi) is 4.99. The summed E-state index contributed by atoms with van der Waals surface area (Å²) in [6.45, 7) is 4.11. The summed E-state index contributed by atoms with van der Waals surface area (Å²) in [6.07, 6.45) is 3.02. The Bertz CT molecular complexity index is 1010. The number of nitrogens with one attached hydrogen (secondary N) is 3. The van der Waals surface area contributed by atoms with Gasteiger partial charge in [0.25, 0.3) is 5.91 Å². The lowest BCUT2D eigenvalue weighted by atomic mass is 10.0. The van der Waals surface area contributed by atoms with Gasteiger partial charge in [0.05, 0.1) is 17.4 Å². The fourth-order valence-electron chi connectivity index (χ4n) is 2.63. The van der Waals surface area contributed by atoms with E-state index in [4.69, 9.17) is 0 Å². The number of hydrogen-bond acceptors (Lipinski definition) is 4. The number of anilines is 2. The highest BCUT2D eigenvalue weighted by atomic mass is 16.1. The molecule has 0 fully saturated rings. The van der Waals surface area contributed by atoms with Gasteiger partial charge in [-0.2, -0.15) is 5.26 Å². The number of aromatic amines is 1. The Morgan fingerprint density at radius 2 is 2.08 bits per heavy atom. The Balaban J connectivity index is 1.76. The lowest BCUT2D eigenvalue weighted by molar-refractivity contribution is -0.112. The monoisotopic (exact) mass is 345 g/mol. The van der Waals surface area contributed by atoms with Crippen molar-refractivity contribution in [2.75, 3.05) is 10.6 Å². The number of para-hydroxylation sites is 1. The zero-order chi connectivity index (χ0) is 18.5. The van der Waals surface area contributed by atoms with Gasteiger partial charge in [-0.1, -0.05) is 32.0 Å². The highest BCUT2D eigenvalue weighted by molar-refractivity contribution is 6.07. The van der Waals surface area contributed by atoms with Crippen molar-refractivity contribution in [2.45, 2.75) is 19.8 Å². The van der Waals surface area contributed by atoms with Gasteiger partial charge in [0.2, 0.25) is 0 Å². The third kappa shape index (κ3) is 3.73. The van der Waals surface area contributed by atoms with Gasteiger partial charge >= 0.3 is 0 Å². The number of aromatic nitrogens is 2. The smallest absolute Gasteiger partial charge is 0.267 e. The Morgan fingerprint density at radius 3 is 2.85 bits per heavy atom. The van der Waals surface area contributed by atoms with Crippen LogP contribution in [0.3, 0.4) is 0 Å². The Hall–Kier alpha value is -3.59. The van der Waals surface area contributed by atoms with Gasteiger partial charge in [0.1, 0.15) is 11.6 Å². The first-order valence-corrected chi connectivity index (χ1v) is 8.28. The number of fused-ring (bicyclic) bond motifs is 1. The van der Waals surface area contributed by atoms with Crippen molar-refractivity contribution in [1.29, 1.82) is 5.26 Å². The van der Waals surface area contributed by atoms with Gasteiger partial charge in [-0.15, -0.1) is 0 Å². The molecule has 0 unspecified atom stereocenters. The van der Waals surface area contributed by atoms with Crippen molar-refractivity contribution in [1.82, 2.24) is 9.97 Å². The van der Waals surface area contributed by atoms with Crippen molar-refractivity contribution in [3.05, 3.63) is 66.1 Å². The van der Waals surface area contributed by atoms with Crippen LogP contribution in [0, 0.1) is 11.3 Å². The second-order valence-electron chi connectivity index (χ2n) is 6.14. The number of carbonyl (C=O) groups is 1.